The first-order valence-corrected chi connectivity index (χ1v) is 9.90. The van der Waals surface area contributed by atoms with E-state index in [1.165, 1.54) is 18.2 Å². The number of nitrogen functional groups attached to an aromatic ring is 1. The topological polar surface area (TPSA) is 124 Å². The molecule has 25 heavy (non-hydrogen) atoms. The van der Waals surface area contributed by atoms with E-state index in [-0.39, 0.29) is 31.6 Å². The van der Waals surface area contributed by atoms with Gasteiger partial charge >= 0.3 is 0 Å². The zero-order valence-corrected chi connectivity index (χ0v) is 15.5. The molecule has 0 saturated carbocycles. The Morgan fingerprint density at radius 2 is 1.84 bits per heavy atom. The molecule has 0 amide bonds. The smallest absolute Gasteiger partial charge is 0.283 e. The van der Waals surface area contributed by atoms with Crippen LogP contribution in [0.25, 0.3) is 11.0 Å². The van der Waals surface area contributed by atoms with Crippen LogP contribution in [-0.4, -0.2) is 34.2 Å². The molecule has 3 rings (SSSR count). The number of hydrogen-bond acceptors (Lipinski definition) is 8. The van der Waals surface area contributed by atoms with Crippen molar-refractivity contribution >= 4 is 67.2 Å². The number of anilines is 1. The van der Waals surface area contributed by atoms with Gasteiger partial charge in [-0.3, -0.25) is 9.59 Å². The number of rotatable bonds is 2. The lowest BCUT2D eigenvalue weighted by molar-refractivity contribution is -0.111. The van der Waals surface area contributed by atoms with Crippen LogP contribution < -0.4 is 11.3 Å². The Kier molecular flexibility index (Phi) is 4.31. The van der Waals surface area contributed by atoms with Crippen LogP contribution in [-0.2, 0) is 14.6 Å². The molecule has 0 bridgehead atoms. The van der Waals surface area contributed by atoms with E-state index in [1.54, 1.807) is 0 Å². The summed E-state index contributed by atoms with van der Waals surface area (Å²) in [5.74, 6) is -0.692. The van der Waals surface area contributed by atoms with Crippen LogP contribution in [0.2, 0.25) is 0 Å². The zero-order valence-electron chi connectivity index (χ0n) is 12.4. The number of aromatic nitrogens is 3. The zero-order chi connectivity index (χ0) is 18.5. The molecule has 1 aliphatic carbocycles. The molecular formula is C13H8Cl2N4O4S2. The molecule has 12 heteroatoms. The van der Waals surface area contributed by atoms with Crippen LogP contribution in [0, 0.1) is 0 Å². The number of Topliss-reactive ketones (excluding diaryl/α,β-unsaturated/α-hetero) is 1. The number of carbonyl (C=O) groups is 1. The van der Waals surface area contributed by atoms with Gasteiger partial charge in [0.25, 0.3) is 5.56 Å². The highest BCUT2D eigenvalue weighted by molar-refractivity contribution is 7.90. The normalized spacial score (nSPS) is 15.3. The molecule has 0 unspecified atom stereocenters. The van der Waals surface area contributed by atoms with Gasteiger partial charge in [-0.2, -0.15) is 9.36 Å². The van der Waals surface area contributed by atoms with Crippen molar-refractivity contribution in [2.24, 2.45) is 0 Å². The molecule has 2 aromatic heterocycles. The van der Waals surface area contributed by atoms with Crippen LogP contribution in [0.5, 0.6) is 0 Å². The third-order valence-electron chi connectivity index (χ3n) is 3.20. The van der Waals surface area contributed by atoms with Gasteiger partial charge < -0.3 is 5.73 Å². The molecule has 130 valence electrons. The summed E-state index contributed by atoms with van der Waals surface area (Å²) in [6.45, 7) is 0. The monoisotopic (exact) mass is 418 g/mol. The fourth-order valence-corrected chi connectivity index (χ4v) is 4.46. The lowest BCUT2D eigenvalue weighted by Gasteiger charge is -2.08. The number of halogens is 2. The van der Waals surface area contributed by atoms with Crippen molar-refractivity contribution in [2.45, 2.75) is 5.16 Å². The van der Waals surface area contributed by atoms with Crippen molar-refractivity contribution in [3.05, 3.63) is 43.7 Å². The van der Waals surface area contributed by atoms with Crippen LogP contribution in [0.4, 0.5) is 5.82 Å². The predicted molar refractivity (Wildman–Crippen MR) is 95.5 cm³/mol. The molecule has 2 N–H and O–H groups in total. The van der Waals surface area contributed by atoms with Crippen LogP contribution in [0.1, 0.15) is 5.56 Å². The van der Waals surface area contributed by atoms with Crippen LogP contribution in [0.15, 0.2) is 37.7 Å². The number of hydrogen-bond donors (Lipinski definition) is 1. The van der Waals surface area contributed by atoms with Gasteiger partial charge in [0.2, 0.25) is 25.7 Å². The van der Waals surface area contributed by atoms with E-state index in [1.807, 2.05) is 0 Å². The summed E-state index contributed by atoms with van der Waals surface area (Å²) in [7, 11) is -3.69. The van der Waals surface area contributed by atoms with E-state index < -0.39 is 21.2 Å². The average molecular weight is 419 g/mol. The fourth-order valence-electron chi connectivity index (χ4n) is 2.10. The molecule has 8 nitrogen and oxygen atoms in total. The highest BCUT2D eigenvalue weighted by atomic mass is 35.5. The summed E-state index contributed by atoms with van der Waals surface area (Å²) in [6, 6.07) is 0. The minimum Gasteiger partial charge on any atom is -0.384 e. The van der Waals surface area contributed by atoms with Gasteiger partial charge in [0.15, 0.2) is 0 Å². The van der Waals surface area contributed by atoms with Gasteiger partial charge in [0, 0.05) is 17.8 Å². The maximum atomic E-state index is 12.2. The number of nitrogens with two attached hydrogens (primary N) is 1. The van der Waals surface area contributed by atoms with Crippen LogP contribution in [0.3, 0.4) is 0 Å². The molecule has 2 heterocycles. The summed E-state index contributed by atoms with van der Waals surface area (Å²) in [4.78, 5) is 27.6. The van der Waals surface area contributed by atoms with Crippen molar-refractivity contribution in [3.8, 4) is 0 Å². The summed E-state index contributed by atoms with van der Waals surface area (Å²) >= 11 is 12.3. The number of carbonyl (C=O) groups excluding carboxylic acids is 1. The van der Waals surface area contributed by atoms with E-state index in [0.717, 1.165) is 22.2 Å². The number of nitrogens with zero attached hydrogens (tertiary/aromatic N) is 3. The number of allylic oxidation sites excluding steroid dienone is 5. The Hall–Kier alpha value is -2.01. The number of ketones is 1. The van der Waals surface area contributed by atoms with E-state index in [9.17, 15) is 18.0 Å². The molecule has 0 aromatic carbocycles. The standard InChI is InChI=1S/C13H8Cl2N4O4S2/c1-25(22,23)13-18-24-12-17-11(21)6(10(16)19(12)13)2-5-3-7(14)9(20)8(15)4-5/h2-4H,16H2,1H3. The van der Waals surface area contributed by atoms with E-state index in [2.05, 4.69) is 9.36 Å². The van der Waals surface area contributed by atoms with Gasteiger partial charge in [0.1, 0.15) is 5.82 Å². The van der Waals surface area contributed by atoms with E-state index >= 15 is 0 Å². The summed E-state index contributed by atoms with van der Waals surface area (Å²) in [5, 5.41) is -0.570. The van der Waals surface area contributed by atoms with Gasteiger partial charge in [-0.25, -0.2) is 12.8 Å². The van der Waals surface area contributed by atoms with Crippen molar-refractivity contribution < 1.29 is 13.2 Å². The molecule has 0 radical (unpaired) electrons. The minimum absolute atomic E-state index is 0.0473. The average Bonchev–Trinajstić information content (AvgIpc) is 2.93. The molecule has 0 aliphatic heterocycles. The van der Waals surface area contributed by atoms with Crippen molar-refractivity contribution in [2.75, 3.05) is 12.0 Å². The fraction of sp³-hybridized carbons (Fsp3) is 0.0769. The second-order valence-corrected chi connectivity index (χ2v) is 8.48. The van der Waals surface area contributed by atoms with Crippen LogP contribution >= 0.6 is 34.7 Å². The summed E-state index contributed by atoms with van der Waals surface area (Å²) < 4.78 is 28.5. The maximum absolute atomic E-state index is 12.2. The first-order chi connectivity index (χ1) is 11.6. The molecule has 2 aromatic rings. The third kappa shape index (κ3) is 3.13. The van der Waals surface area contributed by atoms with Gasteiger partial charge in [-0.1, -0.05) is 23.2 Å². The third-order valence-corrected chi connectivity index (χ3v) is 5.51. The largest absolute Gasteiger partial charge is 0.384 e. The summed E-state index contributed by atoms with van der Waals surface area (Å²) in [6.07, 6.45) is 4.91. The molecule has 0 saturated heterocycles. The van der Waals surface area contributed by atoms with Gasteiger partial charge in [-0.15, -0.1) is 0 Å². The lowest BCUT2D eigenvalue weighted by Crippen LogP contribution is -2.18. The summed E-state index contributed by atoms with van der Waals surface area (Å²) in [5.41, 5.74) is 5.56. The first kappa shape index (κ1) is 17.8. The second kappa shape index (κ2) is 6.06. The first-order valence-electron chi connectivity index (χ1n) is 6.48. The predicted octanol–water partition coefficient (Wildman–Crippen LogP) is 1.35. The molecule has 0 fully saturated rings. The Balaban J connectivity index is 2.30. The Morgan fingerprint density at radius 1 is 1.24 bits per heavy atom. The van der Waals surface area contributed by atoms with Crippen molar-refractivity contribution in [3.63, 3.8) is 0 Å². The highest BCUT2D eigenvalue weighted by Crippen LogP contribution is 2.26. The Morgan fingerprint density at radius 3 is 2.40 bits per heavy atom. The second-order valence-electron chi connectivity index (χ2n) is 5.03. The van der Waals surface area contributed by atoms with Gasteiger partial charge in [0.05, 0.1) is 15.6 Å². The number of fused-ring (bicyclic) bond motifs is 1. The highest BCUT2D eigenvalue weighted by Gasteiger charge is 2.22. The van der Waals surface area contributed by atoms with E-state index in [0.29, 0.717) is 5.57 Å². The molecule has 0 atom stereocenters. The van der Waals surface area contributed by atoms with Crippen molar-refractivity contribution in [1.29, 1.82) is 0 Å². The molecular weight excluding hydrogens is 411 g/mol. The Bertz CT molecular complexity index is 1160. The number of sulfone groups is 1. The quantitative estimate of drug-likeness (QED) is 0.779. The minimum atomic E-state index is -3.69. The lowest BCUT2D eigenvalue weighted by atomic mass is 10.1. The van der Waals surface area contributed by atoms with E-state index in [4.69, 9.17) is 28.9 Å². The molecule has 1 aliphatic rings. The Labute approximate surface area is 155 Å². The SMILES string of the molecule is CS(=O)(=O)c1nsc2nc(=O)c(C=C3C=C(Cl)C(=O)C(Cl)=C3)c(N)n12. The maximum Gasteiger partial charge on any atom is 0.283 e. The van der Waals surface area contributed by atoms with Crippen molar-refractivity contribution in [1.82, 2.24) is 13.8 Å². The molecule has 0 spiro atoms. The van der Waals surface area contributed by atoms with Gasteiger partial charge in [-0.05, 0) is 23.8 Å².